The number of anilines is 1. The molecule has 1 aromatic heterocycles. The lowest BCUT2D eigenvalue weighted by Crippen LogP contribution is -2.49. The molecule has 1 N–H and O–H groups in total. The van der Waals surface area contributed by atoms with E-state index < -0.39 is 5.82 Å². The van der Waals surface area contributed by atoms with E-state index in [4.69, 9.17) is 16.3 Å². The maximum atomic E-state index is 15.5. The normalized spacial score (nSPS) is 18.7. The Labute approximate surface area is 203 Å². The van der Waals surface area contributed by atoms with E-state index in [0.29, 0.717) is 58.5 Å². The highest BCUT2D eigenvalue weighted by Gasteiger charge is 2.31. The minimum atomic E-state index is -0.410. The third kappa shape index (κ3) is 4.44. The van der Waals surface area contributed by atoms with Crippen LogP contribution in [0, 0.1) is 5.82 Å². The molecule has 0 amide bonds. The van der Waals surface area contributed by atoms with Crippen LogP contribution < -0.4 is 20.4 Å². The number of halogens is 2. The average Bonchev–Trinajstić information content (AvgIpc) is 3.66. The number of allylic oxidation sites excluding steroid dienone is 1. The SMILES string of the molecule is COc1c(N2CCNC(C)C2)c(F)cc2c(=O)c(CC=Cc3ccc(Cl)cc3)cn(C3CC3)c12. The summed E-state index contributed by atoms with van der Waals surface area (Å²) in [6.07, 6.45) is 8.42. The highest BCUT2D eigenvalue weighted by atomic mass is 35.5. The van der Waals surface area contributed by atoms with Crippen LogP contribution in [-0.4, -0.2) is 37.4 Å². The second kappa shape index (κ2) is 9.43. The average molecular weight is 482 g/mol. The summed E-state index contributed by atoms with van der Waals surface area (Å²) in [6, 6.07) is 9.49. The minimum absolute atomic E-state index is 0.148. The quantitative estimate of drug-likeness (QED) is 0.526. The van der Waals surface area contributed by atoms with E-state index in [1.807, 2.05) is 47.5 Å². The van der Waals surface area contributed by atoms with Crippen LogP contribution in [0.5, 0.6) is 5.75 Å². The molecule has 2 heterocycles. The Morgan fingerprint density at radius 1 is 1.26 bits per heavy atom. The third-order valence-corrected chi connectivity index (χ3v) is 6.87. The van der Waals surface area contributed by atoms with Crippen molar-refractivity contribution in [1.29, 1.82) is 0 Å². The summed E-state index contributed by atoms with van der Waals surface area (Å²) in [6.45, 7) is 4.22. The summed E-state index contributed by atoms with van der Waals surface area (Å²) in [7, 11) is 1.56. The van der Waals surface area contributed by atoms with Gasteiger partial charge in [-0.25, -0.2) is 4.39 Å². The molecule has 1 saturated heterocycles. The standard InChI is InChI=1S/C27H29ClFN3O2/c1-17-15-31(13-12-30-17)25-23(29)14-22-24(27(25)34-2)32(21-10-11-21)16-19(26(22)33)5-3-4-18-6-8-20(28)9-7-18/h3-4,6-9,14,16-17,21,30H,5,10-13,15H2,1-2H3. The van der Waals surface area contributed by atoms with Crippen molar-refractivity contribution in [1.82, 2.24) is 9.88 Å². The second-order valence-corrected chi connectivity index (χ2v) is 9.65. The molecule has 2 aromatic carbocycles. The Morgan fingerprint density at radius 2 is 2.03 bits per heavy atom. The van der Waals surface area contributed by atoms with Crippen LogP contribution in [0.25, 0.3) is 17.0 Å². The van der Waals surface area contributed by atoms with E-state index in [2.05, 4.69) is 16.8 Å². The predicted molar refractivity (Wildman–Crippen MR) is 137 cm³/mol. The highest BCUT2D eigenvalue weighted by molar-refractivity contribution is 6.30. The van der Waals surface area contributed by atoms with Gasteiger partial charge in [0.25, 0.3) is 0 Å². The number of benzene rings is 2. The molecule has 34 heavy (non-hydrogen) atoms. The van der Waals surface area contributed by atoms with Gasteiger partial charge in [-0.15, -0.1) is 0 Å². The number of aromatic nitrogens is 1. The molecule has 1 aliphatic carbocycles. The molecule has 178 valence electrons. The van der Waals surface area contributed by atoms with Gasteiger partial charge >= 0.3 is 0 Å². The van der Waals surface area contributed by atoms with Gasteiger partial charge in [0.2, 0.25) is 0 Å². The molecule has 1 unspecified atom stereocenters. The molecule has 1 saturated carbocycles. The lowest BCUT2D eigenvalue weighted by Gasteiger charge is -2.35. The van der Waals surface area contributed by atoms with Gasteiger partial charge in [0.15, 0.2) is 17.0 Å². The number of hydrogen-bond acceptors (Lipinski definition) is 4. The van der Waals surface area contributed by atoms with Crippen LogP contribution in [0.1, 0.15) is 36.9 Å². The molecule has 3 aromatic rings. The van der Waals surface area contributed by atoms with E-state index in [0.717, 1.165) is 24.9 Å². The van der Waals surface area contributed by atoms with Crippen LogP contribution in [-0.2, 0) is 6.42 Å². The van der Waals surface area contributed by atoms with Crippen molar-refractivity contribution in [3.8, 4) is 5.75 Å². The number of hydrogen-bond donors (Lipinski definition) is 1. The molecular weight excluding hydrogens is 453 g/mol. The van der Waals surface area contributed by atoms with Gasteiger partial charge < -0.3 is 19.5 Å². The zero-order valence-electron chi connectivity index (χ0n) is 19.5. The molecule has 7 heteroatoms. The molecule has 5 nitrogen and oxygen atoms in total. The van der Waals surface area contributed by atoms with Gasteiger partial charge in [0, 0.05) is 48.5 Å². The van der Waals surface area contributed by atoms with Crippen LogP contribution in [0.15, 0.2) is 47.4 Å². The van der Waals surface area contributed by atoms with E-state index in [1.165, 1.54) is 6.07 Å². The smallest absolute Gasteiger partial charge is 0.193 e. The predicted octanol–water partition coefficient (Wildman–Crippen LogP) is 5.19. The van der Waals surface area contributed by atoms with Crippen molar-refractivity contribution in [2.75, 3.05) is 31.6 Å². The first-order valence-corrected chi connectivity index (χ1v) is 12.2. The zero-order chi connectivity index (χ0) is 23.8. The first kappa shape index (κ1) is 22.9. The second-order valence-electron chi connectivity index (χ2n) is 9.22. The molecule has 0 bridgehead atoms. The van der Waals surface area contributed by atoms with E-state index >= 15 is 4.39 Å². The Bertz CT molecular complexity index is 1300. The minimum Gasteiger partial charge on any atom is -0.492 e. The molecule has 1 aliphatic heterocycles. The fraction of sp³-hybridized carbons (Fsp3) is 0.370. The Kier molecular flexibility index (Phi) is 6.36. The zero-order valence-corrected chi connectivity index (χ0v) is 20.2. The van der Waals surface area contributed by atoms with Gasteiger partial charge in [0.05, 0.1) is 18.0 Å². The van der Waals surface area contributed by atoms with Crippen LogP contribution in [0.4, 0.5) is 10.1 Å². The first-order valence-electron chi connectivity index (χ1n) is 11.8. The highest BCUT2D eigenvalue weighted by Crippen LogP contribution is 2.43. The van der Waals surface area contributed by atoms with Crippen molar-refractivity contribution < 1.29 is 9.13 Å². The van der Waals surface area contributed by atoms with Crippen molar-refractivity contribution in [3.05, 3.63) is 74.8 Å². The van der Waals surface area contributed by atoms with Gasteiger partial charge in [-0.1, -0.05) is 35.9 Å². The van der Waals surface area contributed by atoms with Crippen LogP contribution >= 0.6 is 11.6 Å². The topological polar surface area (TPSA) is 46.5 Å². The lowest BCUT2D eigenvalue weighted by atomic mass is 10.0. The number of piperazine rings is 1. The van der Waals surface area contributed by atoms with Gasteiger partial charge in [-0.2, -0.15) is 0 Å². The summed E-state index contributed by atoms with van der Waals surface area (Å²) < 4.78 is 23.5. The Morgan fingerprint density at radius 3 is 2.71 bits per heavy atom. The summed E-state index contributed by atoms with van der Waals surface area (Å²) >= 11 is 5.96. The largest absolute Gasteiger partial charge is 0.492 e. The number of rotatable bonds is 6. The fourth-order valence-electron chi connectivity index (χ4n) is 4.81. The summed E-state index contributed by atoms with van der Waals surface area (Å²) in [5.74, 6) is 0.0445. The van der Waals surface area contributed by atoms with Crippen molar-refractivity contribution >= 4 is 34.3 Å². The van der Waals surface area contributed by atoms with Crippen LogP contribution in [0.3, 0.4) is 0 Å². The number of nitrogens with one attached hydrogen (secondary N) is 1. The maximum Gasteiger partial charge on any atom is 0.193 e. The molecular formula is C27H29ClFN3O2. The first-order chi connectivity index (χ1) is 16.5. The molecule has 1 atom stereocenters. The number of pyridine rings is 1. The number of ether oxygens (including phenoxy) is 1. The number of fused-ring (bicyclic) bond motifs is 1. The molecule has 2 fully saturated rings. The third-order valence-electron chi connectivity index (χ3n) is 6.62. The van der Waals surface area contributed by atoms with Crippen LogP contribution in [0.2, 0.25) is 5.02 Å². The fourth-order valence-corrected chi connectivity index (χ4v) is 4.93. The lowest BCUT2D eigenvalue weighted by molar-refractivity contribution is 0.407. The summed E-state index contributed by atoms with van der Waals surface area (Å²) in [5, 5.41) is 4.46. The Balaban J connectivity index is 1.59. The van der Waals surface area contributed by atoms with E-state index in [-0.39, 0.29) is 11.5 Å². The van der Waals surface area contributed by atoms with Gasteiger partial charge in [0.1, 0.15) is 5.69 Å². The van der Waals surface area contributed by atoms with E-state index in [1.54, 1.807) is 7.11 Å². The van der Waals surface area contributed by atoms with Crippen molar-refractivity contribution in [2.45, 2.75) is 38.3 Å². The molecule has 0 radical (unpaired) electrons. The molecule has 2 aliphatic rings. The maximum absolute atomic E-state index is 15.5. The van der Waals surface area contributed by atoms with Crippen molar-refractivity contribution in [2.24, 2.45) is 0 Å². The monoisotopic (exact) mass is 481 g/mol. The Hall–Kier alpha value is -2.83. The summed E-state index contributed by atoms with van der Waals surface area (Å²) in [4.78, 5) is 15.5. The van der Waals surface area contributed by atoms with Crippen molar-refractivity contribution in [3.63, 3.8) is 0 Å². The molecule has 5 rings (SSSR count). The summed E-state index contributed by atoms with van der Waals surface area (Å²) in [5.41, 5.74) is 2.66. The number of methoxy groups -OCH3 is 1. The van der Waals surface area contributed by atoms with Gasteiger partial charge in [-0.3, -0.25) is 4.79 Å². The molecule has 0 spiro atoms. The van der Waals surface area contributed by atoms with E-state index in [9.17, 15) is 4.79 Å². The van der Waals surface area contributed by atoms with Gasteiger partial charge in [-0.05, 0) is 49.9 Å². The number of nitrogens with zero attached hydrogens (tertiary/aromatic N) is 2.